The van der Waals surface area contributed by atoms with E-state index in [2.05, 4.69) is 5.32 Å². The first-order chi connectivity index (χ1) is 13.5. The molecular formula is C19H20F4N2O4. The molecule has 2 N–H and O–H groups in total. The number of carboxylic acid groups (broad SMARTS) is 1. The Morgan fingerprint density at radius 2 is 1.86 bits per heavy atom. The number of carbonyl (C=O) groups excluding carboxylic acids is 2. The van der Waals surface area contributed by atoms with Crippen molar-refractivity contribution in [2.75, 3.05) is 13.1 Å². The molecule has 6 nitrogen and oxygen atoms in total. The fourth-order valence-electron chi connectivity index (χ4n) is 2.89. The van der Waals surface area contributed by atoms with E-state index in [4.69, 9.17) is 5.11 Å². The Balaban J connectivity index is 1.93. The normalized spacial score (nSPS) is 16.7. The molecule has 2 rings (SSSR count). The molecule has 1 atom stereocenters. The Morgan fingerprint density at radius 3 is 2.41 bits per heavy atom. The van der Waals surface area contributed by atoms with E-state index in [1.54, 1.807) is 0 Å². The third-order valence-electron chi connectivity index (χ3n) is 4.62. The molecule has 0 saturated carbocycles. The number of aliphatic carboxylic acids is 1. The number of carboxylic acids is 1. The van der Waals surface area contributed by atoms with E-state index >= 15 is 0 Å². The van der Waals surface area contributed by atoms with Crippen LogP contribution < -0.4 is 5.32 Å². The average molecular weight is 416 g/mol. The van der Waals surface area contributed by atoms with Crippen LogP contribution in [0.15, 0.2) is 24.3 Å². The van der Waals surface area contributed by atoms with Crippen LogP contribution >= 0.6 is 0 Å². The monoisotopic (exact) mass is 416 g/mol. The van der Waals surface area contributed by atoms with Crippen molar-refractivity contribution in [3.63, 3.8) is 0 Å². The van der Waals surface area contributed by atoms with Gasteiger partial charge >= 0.3 is 12.1 Å². The lowest BCUT2D eigenvalue weighted by Gasteiger charge is -2.31. The zero-order chi connectivity index (χ0) is 21.8. The quantitative estimate of drug-likeness (QED) is 0.571. The van der Waals surface area contributed by atoms with Gasteiger partial charge in [-0.25, -0.2) is 4.39 Å². The number of likely N-dealkylation sites (tertiary alicyclic amines) is 1. The van der Waals surface area contributed by atoms with Gasteiger partial charge in [0.1, 0.15) is 11.9 Å². The molecule has 1 saturated heterocycles. The van der Waals surface area contributed by atoms with Crippen molar-refractivity contribution in [2.45, 2.75) is 32.0 Å². The molecule has 1 aromatic carbocycles. The average Bonchev–Trinajstić information content (AvgIpc) is 2.66. The molecule has 0 radical (unpaired) electrons. The maximum absolute atomic E-state index is 13.3. The van der Waals surface area contributed by atoms with Crippen molar-refractivity contribution in [1.82, 2.24) is 10.2 Å². The number of nitrogens with zero attached hydrogens (tertiary/aromatic N) is 1. The third-order valence-corrected chi connectivity index (χ3v) is 4.62. The van der Waals surface area contributed by atoms with Crippen molar-refractivity contribution in [3.8, 4) is 0 Å². The van der Waals surface area contributed by atoms with Crippen LogP contribution in [0.2, 0.25) is 0 Å². The second-order valence-electron chi connectivity index (χ2n) is 6.74. The first-order valence-corrected chi connectivity index (χ1v) is 8.86. The summed E-state index contributed by atoms with van der Waals surface area (Å²) < 4.78 is 51.5. The minimum absolute atomic E-state index is 0.0315. The number of rotatable bonds is 5. The van der Waals surface area contributed by atoms with Gasteiger partial charge in [-0.1, -0.05) is 6.07 Å². The summed E-state index contributed by atoms with van der Waals surface area (Å²) in [4.78, 5) is 36.5. The van der Waals surface area contributed by atoms with E-state index in [1.807, 2.05) is 0 Å². The van der Waals surface area contributed by atoms with E-state index in [0.29, 0.717) is 25.0 Å². The van der Waals surface area contributed by atoms with Crippen LogP contribution in [0.4, 0.5) is 17.6 Å². The van der Waals surface area contributed by atoms with Gasteiger partial charge in [-0.3, -0.25) is 14.4 Å². The molecule has 0 aliphatic carbocycles. The van der Waals surface area contributed by atoms with Crippen molar-refractivity contribution < 1.29 is 37.1 Å². The van der Waals surface area contributed by atoms with Crippen LogP contribution in [-0.2, 0) is 20.6 Å². The summed E-state index contributed by atoms with van der Waals surface area (Å²) >= 11 is 0. The molecular weight excluding hydrogens is 396 g/mol. The van der Waals surface area contributed by atoms with Gasteiger partial charge in [0.15, 0.2) is 0 Å². The zero-order valence-corrected chi connectivity index (χ0v) is 15.5. The lowest BCUT2D eigenvalue weighted by molar-refractivity contribution is -0.142. The number of amides is 2. The molecule has 0 spiro atoms. The van der Waals surface area contributed by atoms with Gasteiger partial charge in [-0.15, -0.1) is 0 Å². The molecule has 0 aromatic heterocycles. The molecule has 29 heavy (non-hydrogen) atoms. The van der Waals surface area contributed by atoms with E-state index in [9.17, 15) is 31.9 Å². The molecule has 1 fully saturated rings. The SMILES string of the molecule is CC(NC(=O)C1CCN(C(=O)C=Cc2ccc(F)c(C(F)(F)F)c2)CC1)C(=O)O. The van der Waals surface area contributed by atoms with Gasteiger partial charge in [0, 0.05) is 25.1 Å². The number of alkyl halides is 3. The number of halogens is 4. The molecule has 0 bridgehead atoms. The summed E-state index contributed by atoms with van der Waals surface area (Å²) in [6.45, 7) is 1.85. The summed E-state index contributed by atoms with van der Waals surface area (Å²) in [7, 11) is 0. The van der Waals surface area contributed by atoms with Crippen molar-refractivity contribution in [1.29, 1.82) is 0 Å². The first-order valence-electron chi connectivity index (χ1n) is 8.86. The summed E-state index contributed by atoms with van der Waals surface area (Å²) in [5, 5.41) is 11.2. The van der Waals surface area contributed by atoms with E-state index in [1.165, 1.54) is 17.9 Å². The lowest BCUT2D eigenvalue weighted by Crippen LogP contribution is -2.46. The predicted octanol–water partition coefficient (Wildman–Crippen LogP) is 2.69. The maximum atomic E-state index is 13.3. The summed E-state index contributed by atoms with van der Waals surface area (Å²) in [6.07, 6.45) is -1.89. The highest BCUT2D eigenvalue weighted by molar-refractivity contribution is 5.92. The third kappa shape index (κ3) is 6.03. The summed E-state index contributed by atoms with van der Waals surface area (Å²) in [6, 6.07) is 1.44. The van der Waals surface area contributed by atoms with E-state index in [0.717, 1.165) is 12.1 Å². The van der Waals surface area contributed by atoms with Crippen LogP contribution in [0.3, 0.4) is 0 Å². The van der Waals surface area contributed by atoms with Crippen molar-refractivity contribution >= 4 is 23.9 Å². The number of nitrogens with one attached hydrogen (secondary N) is 1. The summed E-state index contributed by atoms with van der Waals surface area (Å²) in [5.41, 5.74) is -1.38. The van der Waals surface area contributed by atoms with Crippen LogP contribution in [-0.4, -0.2) is 46.9 Å². The van der Waals surface area contributed by atoms with Crippen LogP contribution in [0.5, 0.6) is 0 Å². The van der Waals surface area contributed by atoms with Gasteiger partial charge in [0.05, 0.1) is 5.56 Å². The molecule has 1 aliphatic rings. The second-order valence-corrected chi connectivity index (χ2v) is 6.74. The predicted molar refractivity (Wildman–Crippen MR) is 95.0 cm³/mol. The highest BCUT2D eigenvalue weighted by Crippen LogP contribution is 2.32. The van der Waals surface area contributed by atoms with Crippen molar-refractivity contribution in [3.05, 3.63) is 41.2 Å². The Hall–Kier alpha value is -2.91. The van der Waals surface area contributed by atoms with Gasteiger partial charge in [0.25, 0.3) is 0 Å². The van der Waals surface area contributed by atoms with Gasteiger partial charge in [0.2, 0.25) is 11.8 Å². The van der Waals surface area contributed by atoms with Crippen molar-refractivity contribution in [2.24, 2.45) is 5.92 Å². The zero-order valence-electron chi connectivity index (χ0n) is 15.5. The van der Waals surface area contributed by atoms with Gasteiger partial charge < -0.3 is 15.3 Å². The minimum Gasteiger partial charge on any atom is -0.480 e. The van der Waals surface area contributed by atoms with Crippen LogP contribution in [0.25, 0.3) is 6.08 Å². The Labute approximate surface area is 164 Å². The number of hydrogen-bond acceptors (Lipinski definition) is 3. The fourth-order valence-corrected chi connectivity index (χ4v) is 2.89. The minimum atomic E-state index is -4.83. The molecule has 2 amide bonds. The standard InChI is InChI=1S/C19H20F4N2O4/c1-11(18(28)29)24-17(27)13-6-8-25(9-7-13)16(26)5-3-12-2-4-15(20)14(10-12)19(21,22)23/h2-5,10-11,13H,6-9H2,1H3,(H,24,27)(H,28,29). The number of carbonyl (C=O) groups is 3. The molecule has 158 valence electrons. The molecule has 1 aromatic rings. The fraction of sp³-hybridized carbons (Fsp3) is 0.421. The number of piperidine rings is 1. The lowest BCUT2D eigenvalue weighted by atomic mass is 9.95. The van der Waals surface area contributed by atoms with Gasteiger partial charge in [-0.05, 0) is 43.5 Å². The Kier molecular flexibility index (Phi) is 6.99. The highest BCUT2D eigenvalue weighted by atomic mass is 19.4. The smallest absolute Gasteiger partial charge is 0.419 e. The molecule has 1 aliphatic heterocycles. The van der Waals surface area contributed by atoms with E-state index in [-0.39, 0.29) is 18.7 Å². The maximum Gasteiger partial charge on any atom is 0.419 e. The highest BCUT2D eigenvalue weighted by Gasteiger charge is 2.34. The number of hydrogen-bond donors (Lipinski definition) is 2. The molecule has 1 unspecified atom stereocenters. The number of benzene rings is 1. The molecule has 1 heterocycles. The topological polar surface area (TPSA) is 86.7 Å². The second kappa shape index (κ2) is 9.06. The largest absolute Gasteiger partial charge is 0.480 e. The van der Waals surface area contributed by atoms with E-state index < -0.39 is 47.3 Å². The molecule has 10 heteroatoms. The Morgan fingerprint density at radius 1 is 1.24 bits per heavy atom. The van der Waals surface area contributed by atoms with Crippen LogP contribution in [0.1, 0.15) is 30.9 Å². The van der Waals surface area contributed by atoms with Gasteiger partial charge in [-0.2, -0.15) is 13.2 Å². The Bertz CT molecular complexity index is 815. The van der Waals surface area contributed by atoms with Crippen LogP contribution in [0, 0.1) is 11.7 Å². The summed E-state index contributed by atoms with van der Waals surface area (Å²) in [5.74, 6) is -3.80. The first kappa shape index (κ1) is 22.4.